The highest BCUT2D eigenvalue weighted by molar-refractivity contribution is 5.78. The quantitative estimate of drug-likeness (QED) is 0.814. The summed E-state index contributed by atoms with van der Waals surface area (Å²) in [6.07, 6.45) is 2.22. The van der Waals surface area contributed by atoms with Crippen molar-refractivity contribution >= 4 is 5.91 Å². The van der Waals surface area contributed by atoms with E-state index in [1.54, 1.807) is 6.07 Å². The lowest BCUT2D eigenvalue weighted by atomic mass is 10.2. The molecule has 1 saturated heterocycles. The zero-order chi connectivity index (χ0) is 13.0. The second-order valence-electron chi connectivity index (χ2n) is 4.89. The fraction of sp³-hybridized carbons (Fsp3) is 0.500. The Balaban J connectivity index is 1.84. The molecule has 18 heavy (non-hydrogen) atoms. The predicted octanol–water partition coefficient (Wildman–Crippen LogP) is 1.88. The normalized spacial score (nSPS) is 15.4. The topological polar surface area (TPSA) is 23.6 Å². The van der Waals surface area contributed by atoms with Gasteiger partial charge in [0, 0.05) is 19.6 Å². The van der Waals surface area contributed by atoms with E-state index in [4.69, 9.17) is 0 Å². The molecule has 0 N–H and O–H groups in total. The lowest BCUT2D eigenvalue weighted by molar-refractivity contribution is -0.131. The minimum atomic E-state index is -0.230. The van der Waals surface area contributed by atoms with Gasteiger partial charge in [-0.3, -0.25) is 9.69 Å². The van der Waals surface area contributed by atoms with Gasteiger partial charge in [0.1, 0.15) is 5.82 Å². The average molecular weight is 250 g/mol. The summed E-state index contributed by atoms with van der Waals surface area (Å²) >= 11 is 0. The molecule has 0 aliphatic carbocycles. The zero-order valence-corrected chi connectivity index (χ0v) is 10.7. The Labute approximate surface area is 107 Å². The molecular formula is C14H19FN2O. The van der Waals surface area contributed by atoms with Gasteiger partial charge in [-0.25, -0.2) is 4.39 Å². The number of nitrogens with zero attached hydrogens (tertiary/aromatic N) is 2. The predicted molar refractivity (Wildman–Crippen MR) is 68.5 cm³/mol. The van der Waals surface area contributed by atoms with Gasteiger partial charge in [-0.2, -0.15) is 0 Å². The molecule has 0 aromatic heterocycles. The molecule has 98 valence electrons. The van der Waals surface area contributed by atoms with Gasteiger partial charge in [-0.1, -0.05) is 12.1 Å². The first-order valence-corrected chi connectivity index (χ1v) is 6.36. The van der Waals surface area contributed by atoms with Gasteiger partial charge in [-0.05, 0) is 37.6 Å². The third-order valence-electron chi connectivity index (χ3n) is 3.21. The largest absolute Gasteiger partial charge is 0.342 e. The molecule has 4 heteroatoms. The van der Waals surface area contributed by atoms with Crippen molar-refractivity contribution in [2.45, 2.75) is 19.4 Å². The van der Waals surface area contributed by atoms with Crippen molar-refractivity contribution in [3.8, 4) is 0 Å². The summed E-state index contributed by atoms with van der Waals surface area (Å²) in [7, 11) is 1.89. The Bertz CT molecular complexity index is 416. The van der Waals surface area contributed by atoms with Crippen molar-refractivity contribution in [3.05, 3.63) is 35.6 Å². The van der Waals surface area contributed by atoms with Gasteiger partial charge in [-0.15, -0.1) is 0 Å². The van der Waals surface area contributed by atoms with Crippen LogP contribution in [0.4, 0.5) is 4.39 Å². The molecule has 0 atom stereocenters. The lowest BCUT2D eigenvalue weighted by Gasteiger charge is -2.21. The summed E-state index contributed by atoms with van der Waals surface area (Å²) in [6.45, 7) is 2.76. The first-order valence-electron chi connectivity index (χ1n) is 6.36. The van der Waals surface area contributed by atoms with E-state index in [9.17, 15) is 9.18 Å². The number of halogens is 1. The number of rotatable bonds is 4. The van der Waals surface area contributed by atoms with Crippen LogP contribution in [0.5, 0.6) is 0 Å². The van der Waals surface area contributed by atoms with Gasteiger partial charge < -0.3 is 4.90 Å². The first kappa shape index (κ1) is 13.0. The number of hydrogen-bond donors (Lipinski definition) is 0. The lowest BCUT2D eigenvalue weighted by Crippen LogP contribution is -2.36. The number of likely N-dealkylation sites (N-methyl/N-ethyl adjacent to an activating group) is 1. The standard InChI is InChI=1S/C14H19FN2O/c1-16(10-12-5-4-6-13(15)9-12)11-14(18)17-7-2-3-8-17/h4-6,9H,2-3,7-8,10-11H2,1H3. The highest BCUT2D eigenvalue weighted by Gasteiger charge is 2.18. The number of carbonyl (C=O) groups is 1. The Kier molecular flexibility index (Phi) is 4.31. The number of likely N-dealkylation sites (tertiary alicyclic amines) is 1. The van der Waals surface area contributed by atoms with Crippen LogP contribution in [0, 0.1) is 5.82 Å². The van der Waals surface area contributed by atoms with Crippen molar-refractivity contribution in [2.24, 2.45) is 0 Å². The molecule has 1 heterocycles. The molecular weight excluding hydrogens is 231 g/mol. The summed E-state index contributed by atoms with van der Waals surface area (Å²) < 4.78 is 13.0. The van der Waals surface area contributed by atoms with Crippen molar-refractivity contribution in [1.29, 1.82) is 0 Å². The van der Waals surface area contributed by atoms with Gasteiger partial charge in [0.05, 0.1) is 6.54 Å². The van der Waals surface area contributed by atoms with E-state index < -0.39 is 0 Å². The Morgan fingerprint density at radius 1 is 1.39 bits per heavy atom. The Hall–Kier alpha value is -1.42. The van der Waals surface area contributed by atoms with Crippen LogP contribution in [-0.4, -0.2) is 42.4 Å². The fourth-order valence-electron chi connectivity index (χ4n) is 2.30. The van der Waals surface area contributed by atoms with E-state index in [1.807, 2.05) is 22.9 Å². The third-order valence-corrected chi connectivity index (χ3v) is 3.21. The molecule has 1 amide bonds. The maximum atomic E-state index is 13.0. The molecule has 2 rings (SSSR count). The zero-order valence-electron chi connectivity index (χ0n) is 10.7. The fourth-order valence-corrected chi connectivity index (χ4v) is 2.30. The van der Waals surface area contributed by atoms with Crippen LogP contribution in [0.2, 0.25) is 0 Å². The highest BCUT2D eigenvalue weighted by atomic mass is 19.1. The van der Waals surface area contributed by atoms with Crippen LogP contribution in [-0.2, 0) is 11.3 Å². The van der Waals surface area contributed by atoms with Crippen LogP contribution >= 0.6 is 0 Å². The summed E-state index contributed by atoms with van der Waals surface area (Å²) in [5.41, 5.74) is 0.895. The summed E-state index contributed by atoms with van der Waals surface area (Å²) in [5.74, 6) is -0.0572. The van der Waals surface area contributed by atoms with E-state index in [1.165, 1.54) is 12.1 Å². The maximum Gasteiger partial charge on any atom is 0.236 e. The minimum Gasteiger partial charge on any atom is -0.342 e. The SMILES string of the molecule is CN(CC(=O)N1CCCC1)Cc1cccc(F)c1. The van der Waals surface area contributed by atoms with Gasteiger partial charge >= 0.3 is 0 Å². The van der Waals surface area contributed by atoms with E-state index in [0.29, 0.717) is 13.1 Å². The number of benzene rings is 1. The monoisotopic (exact) mass is 250 g/mol. The molecule has 1 aromatic carbocycles. The minimum absolute atomic E-state index is 0.173. The molecule has 1 aliphatic rings. The number of hydrogen-bond acceptors (Lipinski definition) is 2. The molecule has 1 aromatic rings. The van der Waals surface area contributed by atoms with Gasteiger partial charge in [0.2, 0.25) is 5.91 Å². The van der Waals surface area contributed by atoms with Crippen LogP contribution in [0.1, 0.15) is 18.4 Å². The second kappa shape index (κ2) is 5.96. The van der Waals surface area contributed by atoms with Crippen molar-refractivity contribution in [3.63, 3.8) is 0 Å². The Morgan fingerprint density at radius 3 is 2.78 bits per heavy atom. The van der Waals surface area contributed by atoms with Crippen LogP contribution in [0.15, 0.2) is 24.3 Å². The molecule has 1 fully saturated rings. The summed E-state index contributed by atoms with van der Waals surface area (Å²) in [6, 6.07) is 6.51. The van der Waals surface area contributed by atoms with Crippen LogP contribution in [0.3, 0.4) is 0 Å². The highest BCUT2D eigenvalue weighted by Crippen LogP contribution is 2.09. The van der Waals surface area contributed by atoms with E-state index in [2.05, 4.69) is 0 Å². The molecule has 0 saturated carbocycles. The number of amides is 1. The van der Waals surface area contributed by atoms with Crippen LogP contribution in [0.25, 0.3) is 0 Å². The second-order valence-corrected chi connectivity index (χ2v) is 4.89. The first-order chi connectivity index (χ1) is 8.65. The molecule has 1 aliphatic heterocycles. The van der Waals surface area contributed by atoms with Crippen molar-refractivity contribution < 1.29 is 9.18 Å². The molecule has 0 spiro atoms. The smallest absolute Gasteiger partial charge is 0.236 e. The Morgan fingerprint density at radius 2 is 2.11 bits per heavy atom. The summed E-state index contributed by atoms with van der Waals surface area (Å²) in [4.78, 5) is 15.8. The molecule has 0 bridgehead atoms. The van der Waals surface area contributed by atoms with Crippen molar-refractivity contribution in [1.82, 2.24) is 9.80 Å². The van der Waals surface area contributed by atoms with Crippen molar-refractivity contribution in [2.75, 3.05) is 26.7 Å². The van der Waals surface area contributed by atoms with Crippen LogP contribution < -0.4 is 0 Å². The average Bonchev–Trinajstić information content (AvgIpc) is 2.81. The van der Waals surface area contributed by atoms with Gasteiger partial charge in [0.25, 0.3) is 0 Å². The molecule has 0 radical (unpaired) electrons. The van der Waals surface area contributed by atoms with E-state index in [0.717, 1.165) is 31.5 Å². The maximum absolute atomic E-state index is 13.0. The third kappa shape index (κ3) is 3.53. The van der Waals surface area contributed by atoms with Gasteiger partial charge in [0.15, 0.2) is 0 Å². The van der Waals surface area contributed by atoms with E-state index >= 15 is 0 Å². The summed E-state index contributed by atoms with van der Waals surface area (Å²) in [5, 5.41) is 0. The van der Waals surface area contributed by atoms with E-state index in [-0.39, 0.29) is 11.7 Å². The molecule has 0 unspecified atom stereocenters. The molecule has 3 nitrogen and oxygen atoms in total. The number of carbonyl (C=O) groups excluding carboxylic acids is 1.